The van der Waals surface area contributed by atoms with E-state index in [9.17, 15) is 0 Å². The molecule has 0 saturated heterocycles. The average molecular weight is 290 g/mol. The van der Waals surface area contributed by atoms with Gasteiger partial charge in [-0.05, 0) is 44.7 Å². The number of halogens is 1. The Labute approximate surface area is 125 Å². The summed E-state index contributed by atoms with van der Waals surface area (Å²) in [5, 5.41) is 3.86. The molecule has 0 amide bonds. The summed E-state index contributed by atoms with van der Waals surface area (Å²) < 4.78 is 5.94. The molecule has 0 saturated carbocycles. The van der Waals surface area contributed by atoms with Crippen LogP contribution in [0.1, 0.15) is 22.3 Å². The van der Waals surface area contributed by atoms with Crippen molar-refractivity contribution in [2.45, 2.75) is 27.0 Å². The summed E-state index contributed by atoms with van der Waals surface area (Å²) in [6, 6.07) is 12.2. The van der Waals surface area contributed by atoms with Crippen LogP contribution in [0.25, 0.3) is 0 Å². The minimum atomic E-state index is 0.570. The maximum absolute atomic E-state index is 6.03. The fourth-order valence-corrected chi connectivity index (χ4v) is 2.53. The van der Waals surface area contributed by atoms with Gasteiger partial charge >= 0.3 is 0 Å². The highest BCUT2D eigenvalue weighted by Crippen LogP contribution is 2.24. The Morgan fingerprint density at radius 1 is 1.05 bits per heavy atom. The average Bonchev–Trinajstić information content (AvgIpc) is 2.37. The second kappa shape index (κ2) is 6.78. The van der Waals surface area contributed by atoms with Gasteiger partial charge in [-0.25, -0.2) is 0 Å². The number of nitrogens with one attached hydrogen (secondary N) is 1. The Morgan fingerprint density at radius 3 is 2.40 bits per heavy atom. The number of aryl methyl sites for hydroxylation is 2. The molecule has 0 aliphatic heterocycles. The Bertz CT molecular complexity index is 575. The molecule has 0 aliphatic rings. The van der Waals surface area contributed by atoms with Gasteiger partial charge in [0, 0.05) is 17.1 Å². The van der Waals surface area contributed by atoms with Gasteiger partial charge in [0.05, 0.1) is 0 Å². The molecule has 3 heteroatoms. The van der Waals surface area contributed by atoms with Gasteiger partial charge in [0.25, 0.3) is 0 Å². The molecular formula is C17H20ClNO. The first kappa shape index (κ1) is 14.9. The number of hydrogen-bond acceptors (Lipinski definition) is 2. The fraction of sp³-hybridized carbons (Fsp3) is 0.294. The van der Waals surface area contributed by atoms with E-state index in [1.807, 2.05) is 25.2 Å². The molecule has 0 unspecified atom stereocenters. The fourth-order valence-electron chi connectivity index (χ4n) is 2.33. The zero-order valence-electron chi connectivity index (χ0n) is 12.2. The second-order valence-electron chi connectivity index (χ2n) is 5.07. The molecule has 0 fully saturated rings. The molecule has 2 rings (SSSR count). The monoisotopic (exact) mass is 289 g/mol. The van der Waals surface area contributed by atoms with Gasteiger partial charge in [0.15, 0.2) is 0 Å². The number of rotatable bonds is 5. The summed E-state index contributed by atoms with van der Waals surface area (Å²) in [4.78, 5) is 0. The molecule has 20 heavy (non-hydrogen) atoms. The lowest BCUT2D eigenvalue weighted by molar-refractivity contribution is 0.302. The SMILES string of the molecule is CNCc1cc(Cl)ccc1OCc1cc(C)cc(C)c1. The molecule has 2 nitrogen and oxygen atoms in total. The van der Waals surface area contributed by atoms with Crippen molar-refractivity contribution >= 4 is 11.6 Å². The van der Waals surface area contributed by atoms with Crippen LogP contribution in [-0.2, 0) is 13.2 Å². The molecule has 0 bridgehead atoms. The van der Waals surface area contributed by atoms with Crippen molar-refractivity contribution in [3.05, 3.63) is 63.7 Å². The van der Waals surface area contributed by atoms with Crippen molar-refractivity contribution in [1.82, 2.24) is 5.32 Å². The van der Waals surface area contributed by atoms with Crippen LogP contribution in [0.2, 0.25) is 5.02 Å². The third kappa shape index (κ3) is 3.99. The van der Waals surface area contributed by atoms with E-state index in [4.69, 9.17) is 16.3 Å². The predicted molar refractivity (Wildman–Crippen MR) is 84.5 cm³/mol. The van der Waals surface area contributed by atoms with Crippen LogP contribution in [0.15, 0.2) is 36.4 Å². The van der Waals surface area contributed by atoms with Crippen LogP contribution in [0.5, 0.6) is 5.75 Å². The summed E-state index contributed by atoms with van der Waals surface area (Å²) in [7, 11) is 1.91. The van der Waals surface area contributed by atoms with E-state index in [0.717, 1.165) is 22.9 Å². The lowest BCUT2D eigenvalue weighted by atomic mass is 10.1. The van der Waals surface area contributed by atoms with E-state index in [-0.39, 0.29) is 0 Å². The lowest BCUT2D eigenvalue weighted by Crippen LogP contribution is -2.07. The van der Waals surface area contributed by atoms with E-state index >= 15 is 0 Å². The van der Waals surface area contributed by atoms with Crippen LogP contribution >= 0.6 is 11.6 Å². The molecule has 0 heterocycles. The number of hydrogen-bond donors (Lipinski definition) is 1. The number of ether oxygens (including phenoxy) is 1. The van der Waals surface area contributed by atoms with Crippen molar-refractivity contribution in [1.29, 1.82) is 0 Å². The Kier molecular flexibility index (Phi) is 5.05. The van der Waals surface area contributed by atoms with Crippen LogP contribution in [0, 0.1) is 13.8 Å². The maximum atomic E-state index is 6.03. The summed E-state index contributed by atoms with van der Waals surface area (Å²) in [6.45, 7) is 5.51. The predicted octanol–water partition coefficient (Wildman–Crippen LogP) is 4.26. The van der Waals surface area contributed by atoms with Crippen molar-refractivity contribution in [3.8, 4) is 5.75 Å². The highest BCUT2D eigenvalue weighted by molar-refractivity contribution is 6.30. The van der Waals surface area contributed by atoms with Gasteiger partial charge in [0.2, 0.25) is 0 Å². The summed E-state index contributed by atoms with van der Waals surface area (Å²) >= 11 is 6.03. The standard InChI is InChI=1S/C17H20ClNO/c1-12-6-13(2)8-14(7-12)11-20-17-5-4-16(18)9-15(17)10-19-3/h4-9,19H,10-11H2,1-3H3. The molecule has 2 aromatic rings. The van der Waals surface area contributed by atoms with Crippen LogP contribution in [0.4, 0.5) is 0 Å². The van der Waals surface area contributed by atoms with Gasteiger partial charge in [-0.15, -0.1) is 0 Å². The van der Waals surface area contributed by atoms with E-state index in [2.05, 4.69) is 37.4 Å². The molecule has 0 aromatic heterocycles. The molecular weight excluding hydrogens is 270 g/mol. The van der Waals surface area contributed by atoms with Gasteiger partial charge in [0.1, 0.15) is 12.4 Å². The van der Waals surface area contributed by atoms with E-state index < -0.39 is 0 Å². The van der Waals surface area contributed by atoms with E-state index in [1.54, 1.807) is 0 Å². The minimum Gasteiger partial charge on any atom is -0.489 e. The third-order valence-electron chi connectivity index (χ3n) is 3.07. The smallest absolute Gasteiger partial charge is 0.124 e. The Morgan fingerprint density at radius 2 is 1.75 bits per heavy atom. The zero-order valence-corrected chi connectivity index (χ0v) is 12.9. The van der Waals surface area contributed by atoms with E-state index in [0.29, 0.717) is 6.61 Å². The zero-order chi connectivity index (χ0) is 14.5. The Hall–Kier alpha value is -1.51. The van der Waals surface area contributed by atoms with Gasteiger partial charge in [-0.2, -0.15) is 0 Å². The topological polar surface area (TPSA) is 21.3 Å². The molecule has 0 atom stereocenters. The Balaban J connectivity index is 2.13. The van der Waals surface area contributed by atoms with Gasteiger partial charge in [-0.3, -0.25) is 0 Å². The van der Waals surface area contributed by atoms with Gasteiger partial charge in [-0.1, -0.05) is 40.9 Å². The van der Waals surface area contributed by atoms with Crippen LogP contribution in [0.3, 0.4) is 0 Å². The minimum absolute atomic E-state index is 0.570. The van der Waals surface area contributed by atoms with E-state index in [1.165, 1.54) is 16.7 Å². The normalized spacial score (nSPS) is 10.6. The molecule has 0 radical (unpaired) electrons. The third-order valence-corrected chi connectivity index (χ3v) is 3.30. The van der Waals surface area contributed by atoms with Crippen LogP contribution in [-0.4, -0.2) is 7.05 Å². The lowest BCUT2D eigenvalue weighted by Gasteiger charge is -2.12. The first-order valence-corrected chi connectivity index (χ1v) is 7.09. The molecule has 1 N–H and O–H groups in total. The summed E-state index contributed by atoms with van der Waals surface area (Å²) in [5.41, 5.74) is 4.78. The van der Waals surface area contributed by atoms with Crippen molar-refractivity contribution < 1.29 is 4.74 Å². The molecule has 0 spiro atoms. The highest BCUT2D eigenvalue weighted by atomic mass is 35.5. The maximum Gasteiger partial charge on any atom is 0.124 e. The van der Waals surface area contributed by atoms with Crippen molar-refractivity contribution in [3.63, 3.8) is 0 Å². The molecule has 2 aromatic carbocycles. The summed E-state index contributed by atoms with van der Waals surface area (Å²) in [5.74, 6) is 0.878. The van der Waals surface area contributed by atoms with Crippen molar-refractivity contribution in [2.75, 3.05) is 7.05 Å². The first-order chi connectivity index (χ1) is 9.58. The highest BCUT2D eigenvalue weighted by Gasteiger charge is 2.05. The van der Waals surface area contributed by atoms with Crippen molar-refractivity contribution in [2.24, 2.45) is 0 Å². The molecule has 106 valence electrons. The van der Waals surface area contributed by atoms with Crippen LogP contribution < -0.4 is 10.1 Å². The molecule has 0 aliphatic carbocycles. The quantitative estimate of drug-likeness (QED) is 0.888. The summed E-state index contributed by atoms with van der Waals surface area (Å²) in [6.07, 6.45) is 0. The van der Waals surface area contributed by atoms with Gasteiger partial charge < -0.3 is 10.1 Å². The largest absolute Gasteiger partial charge is 0.489 e. The second-order valence-corrected chi connectivity index (χ2v) is 5.50. The number of benzene rings is 2. The first-order valence-electron chi connectivity index (χ1n) is 6.71.